The van der Waals surface area contributed by atoms with E-state index < -0.39 is 41.7 Å². The molecular weight excluding hydrogens is 644 g/mol. The van der Waals surface area contributed by atoms with Crippen molar-refractivity contribution in [2.24, 2.45) is 5.92 Å². The number of rotatable bonds is 17. The van der Waals surface area contributed by atoms with Gasteiger partial charge in [0, 0.05) is 13.0 Å². The number of carbonyl (C=O) groups is 4. The molecule has 262 valence electrons. The average Bonchev–Trinajstić information content (AvgIpc) is 3.12. The summed E-state index contributed by atoms with van der Waals surface area (Å²) in [6.45, 7) is 3.65. The molecule has 1 unspecified atom stereocenters. The van der Waals surface area contributed by atoms with Crippen molar-refractivity contribution in [2.45, 2.75) is 64.5 Å². The highest BCUT2D eigenvalue weighted by Crippen LogP contribution is 2.22. The molecular formula is C39H41F2N3O6. The molecule has 0 saturated carbocycles. The van der Waals surface area contributed by atoms with Gasteiger partial charge in [-0.2, -0.15) is 8.78 Å². The summed E-state index contributed by atoms with van der Waals surface area (Å²) < 4.78 is 42.1. The highest BCUT2D eigenvalue weighted by molar-refractivity contribution is 6.10. The van der Waals surface area contributed by atoms with Gasteiger partial charge in [0.05, 0.1) is 6.04 Å². The van der Waals surface area contributed by atoms with Crippen LogP contribution in [0.1, 0.15) is 42.5 Å². The van der Waals surface area contributed by atoms with E-state index in [0.29, 0.717) is 23.5 Å². The number of benzene rings is 4. The van der Waals surface area contributed by atoms with E-state index in [2.05, 4.69) is 16.0 Å². The molecule has 2 atom stereocenters. The van der Waals surface area contributed by atoms with Crippen LogP contribution in [0.15, 0.2) is 115 Å². The zero-order valence-corrected chi connectivity index (χ0v) is 27.9. The lowest BCUT2D eigenvalue weighted by molar-refractivity contribution is -0.160. The first-order valence-corrected chi connectivity index (χ1v) is 16.3. The summed E-state index contributed by atoms with van der Waals surface area (Å²) in [6.07, 6.45) is -1.14. The minimum absolute atomic E-state index is 0.0564. The number of alkyl carbamates (subject to hydrolysis) is 1. The van der Waals surface area contributed by atoms with Crippen LogP contribution in [0.4, 0.5) is 13.6 Å². The number of amides is 3. The predicted molar refractivity (Wildman–Crippen MR) is 184 cm³/mol. The Morgan fingerprint density at radius 2 is 1.20 bits per heavy atom. The van der Waals surface area contributed by atoms with Gasteiger partial charge in [0.25, 0.3) is 5.91 Å². The molecule has 0 aromatic heterocycles. The van der Waals surface area contributed by atoms with Gasteiger partial charge in [0.15, 0.2) is 0 Å². The molecule has 4 aromatic rings. The minimum atomic E-state index is -4.49. The minimum Gasteiger partial charge on any atom is -0.489 e. The first-order valence-electron chi connectivity index (χ1n) is 16.3. The van der Waals surface area contributed by atoms with Crippen molar-refractivity contribution in [3.63, 3.8) is 0 Å². The summed E-state index contributed by atoms with van der Waals surface area (Å²) in [5.74, 6) is -8.56. The number of hydrogen-bond acceptors (Lipinski definition) is 6. The van der Waals surface area contributed by atoms with E-state index in [0.717, 1.165) is 11.1 Å². The van der Waals surface area contributed by atoms with Crippen LogP contribution in [0.3, 0.4) is 0 Å². The van der Waals surface area contributed by atoms with Gasteiger partial charge in [-0.3, -0.25) is 14.4 Å². The molecule has 0 radical (unpaired) electrons. The van der Waals surface area contributed by atoms with Crippen molar-refractivity contribution in [2.75, 3.05) is 0 Å². The molecule has 0 saturated heterocycles. The van der Waals surface area contributed by atoms with Gasteiger partial charge >= 0.3 is 12.0 Å². The van der Waals surface area contributed by atoms with Crippen LogP contribution in [0, 0.1) is 5.92 Å². The van der Waals surface area contributed by atoms with E-state index in [4.69, 9.17) is 9.47 Å². The van der Waals surface area contributed by atoms with Crippen LogP contribution in [0.25, 0.3) is 0 Å². The highest BCUT2D eigenvalue weighted by atomic mass is 19.3. The lowest BCUT2D eigenvalue weighted by atomic mass is 9.96. The fourth-order valence-electron chi connectivity index (χ4n) is 5.01. The van der Waals surface area contributed by atoms with Crippen LogP contribution >= 0.6 is 0 Å². The number of nitrogens with one attached hydrogen (secondary N) is 3. The molecule has 0 bridgehead atoms. The average molecular weight is 686 g/mol. The van der Waals surface area contributed by atoms with Gasteiger partial charge in [-0.15, -0.1) is 0 Å². The number of alkyl halides is 2. The van der Waals surface area contributed by atoms with Crippen molar-refractivity contribution in [3.8, 4) is 5.75 Å². The second-order valence-corrected chi connectivity index (χ2v) is 12.2. The second-order valence-electron chi connectivity index (χ2n) is 12.2. The summed E-state index contributed by atoms with van der Waals surface area (Å²) in [5, 5.41) is 7.01. The standard InChI is InChI=1S/C39H41F2N3O6/c1-27(2)22-34(44-38(48)50-26-31-16-10-5-11-17-31)36(46)43-33(35(45)39(40,41)37(47)42-24-29-12-6-3-7-13-29)23-28-18-20-32(21-19-28)49-25-30-14-8-4-9-15-30/h3-21,27,33-34H,22-26H2,1-2H3,(H,42,47)(H,43,46)(H,44,48)/t33?,34-/m0/s1. The fourth-order valence-corrected chi connectivity index (χ4v) is 5.01. The maximum atomic E-state index is 15.5. The normalized spacial score (nSPS) is 12.3. The van der Waals surface area contributed by atoms with Crippen molar-refractivity contribution in [1.29, 1.82) is 0 Å². The Bertz CT molecular complexity index is 1690. The molecule has 4 rings (SSSR count). The van der Waals surface area contributed by atoms with Crippen molar-refractivity contribution in [3.05, 3.63) is 138 Å². The van der Waals surface area contributed by atoms with Crippen LogP contribution in [0.5, 0.6) is 5.75 Å². The van der Waals surface area contributed by atoms with Gasteiger partial charge in [-0.1, -0.05) is 117 Å². The molecule has 50 heavy (non-hydrogen) atoms. The van der Waals surface area contributed by atoms with E-state index >= 15 is 8.78 Å². The first-order chi connectivity index (χ1) is 24.0. The lowest BCUT2D eigenvalue weighted by Crippen LogP contribution is -2.58. The SMILES string of the molecule is CC(C)C[C@H](NC(=O)OCc1ccccc1)C(=O)NC(Cc1ccc(OCc2ccccc2)cc1)C(=O)C(F)(F)C(=O)NCc1ccccc1. The molecule has 0 aliphatic heterocycles. The van der Waals surface area contributed by atoms with E-state index in [1.165, 1.54) is 0 Å². The number of ketones is 1. The van der Waals surface area contributed by atoms with Gasteiger partial charge in [0.2, 0.25) is 11.7 Å². The smallest absolute Gasteiger partial charge is 0.408 e. The lowest BCUT2D eigenvalue weighted by Gasteiger charge is -2.26. The quantitative estimate of drug-likeness (QED) is 0.115. The third-order valence-corrected chi connectivity index (χ3v) is 7.66. The highest BCUT2D eigenvalue weighted by Gasteiger charge is 2.50. The van der Waals surface area contributed by atoms with E-state index in [1.54, 1.807) is 78.9 Å². The maximum absolute atomic E-state index is 15.5. The molecule has 0 spiro atoms. The molecule has 0 fully saturated rings. The Hall–Kier alpha value is -5.58. The molecule has 3 amide bonds. The van der Waals surface area contributed by atoms with Crippen LogP contribution in [-0.4, -0.2) is 41.7 Å². The molecule has 11 heteroatoms. The van der Waals surface area contributed by atoms with Gasteiger partial charge in [-0.05, 0) is 46.7 Å². The third-order valence-electron chi connectivity index (χ3n) is 7.66. The summed E-state index contributed by atoms with van der Waals surface area (Å²) in [4.78, 5) is 52.4. The van der Waals surface area contributed by atoms with E-state index in [-0.39, 0.29) is 31.9 Å². The molecule has 3 N–H and O–H groups in total. The van der Waals surface area contributed by atoms with Crippen LogP contribution < -0.4 is 20.7 Å². The summed E-state index contributed by atoms with van der Waals surface area (Å²) in [7, 11) is 0. The third kappa shape index (κ3) is 11.5. The number of Topliss-reactive ketones (excluding diaryl/α,β-unsaturated/α-hetero) is 1. The maximum Gasteiger partial charge on any atom is 0.408 e. The predicted octanol–water partition coefficient (Wildman–Crippen LogP) is 6.15. The summed E-state index contributed by atoms with van der Waals surface area (Å²) in [5.41, 5.74) is 2.66. The largest absolute Gasteiger partial charge is 0.489 e. The van der Waals surface area contributed by atoms with Crippen LogP contribution in [-0.2, 0) is 45.3 Å². The monoisotopic (exact) mass is 685 g/mol. The Morgan fingerprint density at radius 3 is 1.76 bits per heavy atom. The van der Waals surface area contributed by atoms with Gasteiger partial charge in [-0.25, -0.2) is 4.79 Å². The second kappa shape index (κ2) is 18.3. The molecule has 0 heterocycles. The Kier molecular flexibility index (Phi) is 13.6. The van der Waals surface area contributed by atoms with E-state index in [1.807, 2.05) is 50.2 Å². The zero-order valence-electron chi connectivity index (χ0n) is 27.9. The topological polar surface area (TPSA) is 123 Å². The number of carbonyl (C=O) groups excluding carboxylic acids is 4. The molecule has 0 aliphatic rings. The van der Waals surface area contributed by atoms with Gasteiger partial charge < -0.3 is 25.4 Å². The van der Waals surface area contributed by atoms with Crippen LogP contribution in [0.2, 0.25) is 0 Å². The van der Waals surface area contributed by atoms with Crippen molar-refractivity contribution < 1.29 is 37.4 Å². The first kappa shape index (κ1) is 37.2. The zero-order chi connectivity index (χ0) is 35.9. The number of ether oxygens (including phenoxy) is 2. The molecule has 9 nitrogen and oxygen atoms in total. The Morgan fingerprint density at radius 1 is 0.660 bits per heavy atom. The Labute approximate surface area is 290 Å². The molecule has 4 aromatic carbocycles. The van der Waals surface area contributed by atoms with Gasteiger partial charge in [0.1, 0.15) is 25.0 Å². The number of hydrogen-bond donors (Lipinski definition) is 3. The van der Waals surface area contributed by atoms with Crippen molar-refractivity contribution >= 4 is 23.7 Å². The summed E-state index contributed by atoms with van der Waals surface area (Å²) in [6, 6.07) is 30.2. The van der Waals surface area contributed by atoms with Crippen molar-refractivity contribution in [1.82, 2.24) is 16.0 Å². The Balaban J connectivity index is 1.49. The summed E-state index contributed by atoms with van der Waals surface area (Å²) >= 11 is 0. The fraction of sp³-hybridized carbons (Fsp3) is 0.282. The molecule has 0 aliphatic carbocycles. The number of halogens is 2. The van der Waals surface area contributed by atoms with E-state index in [9.17, 15) is 19.2 Å².